The van der Waals surface area contributed by atoms with Crippen LogP contribution in [-0.2, 0) is 6.54 Å². The fourth-order valence-electron chi connectivity index (χ4n) is 3.43. The Kier molecular flexibility index (Phi) is 8.73. The number of hydrogen-bond acceptors (Lipinski definition) is 7. The maximum Gasteiger partial charge on any atom is 0.252 e. The number of ether oxygens (including phenoxy) is 2. The Hall–Kier alpha value is -3.75. The van der Waals surface area contributed by atoms with Gasteiger partial charge in [0.25, 0.3) is 5.91 Å². The third-order valence-corrected chi connectivity index (χ3v) is 5.35. The van der Waals surface area contributed by atoms with Gasteiger partial charge in [0.1, 0.15) is 36.6 Å². The van der Waals surface area contributed by atoms with Gasteiger partial charge in [-0.25, -0.2) is 0 Å². The van der Waals surface area contributed by atoms with Gasteiger partial charge in [0, 0.05) is 30.9 Å². The van der Waals surface area contributed by atoms with E-state index in [9.17, 15) is 15.0 Å². The van der Waals surface area contributed by atoms with Crippen molar-refractivity contribution in [2.75, 3.05) is 25.5 Å². The van der Waals surface area contributed by atoms with E-state index in [1.54, 1.807) is 30.3 Å². The van der Waals surface area contributed by atoms with Gasteiger partial charge in [-0.2, -0.15) is 0 Å². The lowest BCUT2D eigenvalue weighted by Gasteiger charge is -2.31. The van der Waals surface area contributed by atoms with Crippen LogP contribution >= 0.6 is 0 Å². The molecule has 0 aliphatic rings. The van der Waals surface area contributed by atoms with E-state index in [0.717, 1.165) is 5.56 Å². The molecule has 0 aromatic heterocycles. The summed E-state index contributed by atoms with van der Waals surface area (Å²) in [6.07, 6.45) is -0.734. The lowest BCUT2D eigenvalue weighted by molar-refractivity contribution is 0.0410. The van der Waals surface area contributed by atoms with Crippen molar-refractivity contribution in [2.24, 2.45) is 5.73 Å². The molecule has 0 spiro atoms. The highest BCUT2D eigenvalue weighted by Gasteiger charge is 2.20. The Morgan fingerprint density at radius 1 is 0.971 bits per heavy atom. The predicted octanol–water partition coefficient (Wildman–Crippen LogP) is 2.78. The van der Waals surface area contributed by atoms with Crippen LogP contribution in [0.3, 0.4) is 0 Å². The molecule has 3 aromatic rings. The molecular formula is C26H31N3O5. The van der Waals surface area contributed by atoms with Crippen LogP contribution in [0.25, 0.3) is 0 Å². The molecule has 0 heterocycles. The number of nitrogens with two attached hydrogens (primary N) is 2. The van der Waals surface area contributed by atoms with E-state index < -0.39 is 12.0 Å². The molecule has 0 fully saturated rings. The predicted molar refractivity (Wildman–Crippen MR) is 131 cm³/mol. The molecule has 3 aromatic carbocycles. The number of carbonyl (C=O) groups excluding carboxylic acids is 1. The van der Waals surface area contributed by atoms with Crippen molar-refractivity contribution < 1.29 is 24.5 Å². The number of aromatic hydroxyl groups is 1. The number of amides is 1. The van der Waals surface area contributed by atoms with Gasteiger partial charge in [0.05, 0.1) is 5.56 Å². The molecule has 2 unspecified atom stereocenters. The summed E-state index contributed by atoms with van der Waals surface area (Å²) in [6, 6.07) is 21.3. The molecule has 0 saturated carbocycles. The van der Waals surface area contributed by atoms with E-state index in [2.05, 4.69) is 4.90 Å². The van der Waals surface area contributed by atoms with Crippen molar-refractivity contribution in [3.8, 4) is 17.2 Å². The summed E-state index contributed by atoms with van der Waals surface area (Å²) in [7, 11) is 0. The number of aliphatic hydroxyl groups is 1. The molecule has 3 rings (SSSR count). The second-order valence-corrected chi connectivity index (χ2v) is 8.15. The number of primary amides is 1. The van der Waals surface area contributed by atoms with Gasteiger partial charge in [0.2, 0.25) is 0 Å². The fourth-order valence-corrected chi connectivity index (χ4v) is 3.43. The number of rotatable bonds is 12. The monoisotopic (exact) mass is 465 g/mol. The molecule has 34 heavy (non-hydrogen) atoms. The van der Waals surface area contributed by atoms with Crippen LogP contribution in [0.1, 0.15) is 22.8 Å². The Morgan fingerprint density at radius 2 is 1.62 bits per heavy atom. The maximum atomic E-state index is 11.3. The molecule has 8 heteroatoms. The van der Waals surface area contributed by atoms with Crippen LogP contribution < -0.4 is 20.9 Å². The van der Waals surface area contributed by atoms with Crippen molar-refractivity contribution in [2.45, 2.75) is 25.6 Å². The number of carbonyl (C=O) groups is 1. The van der Waals surface area contributed by atoms with Crippen LogP contribution in [0.4, 0.5) is 5.69 Å². The van der Waals surface area contributed by atoms with Gasteiger partial charge in [-0.15, -0.1) is 0 Å². The quantitative estimate of drug-likeness (QED) is 0.303. The Labute approximate surface area is 199 Å². The van der Waals surface area contributed by atoms with E-state index in [-0.39, 0.29) is 24.0 Å². The second-order valence-electron chi connectivity index (χ2n) is 8.15. The minimum absolute atomic E-state index is 0.0373. The first kappa shape index (κ1) is 24.9. The van der Waals surface area contributed by atoms with Crippen molar-refractivity contribution >= 4 is 11.6 Å². The summed E-state index contributed by atoms with van der Waals surface area (Å²) in [6.45, 7) is 3.39. The van der Waals surface area contributed by atoms with Gasteiger partial charge >= 0.3 is 0 Å². The molecule has 6 N–H and O–H groups in total. The van der Waals surface area contributed by atoms with E-state index in [1.807, 2.05) is 37.3 Å². The number of anilines is 1. The SMILES string of the molecule is CC(COc1ccc(C(N)=O)c(O)c1)N(Cc1ccccc1)CC(O)COc1ccc(N)cc1. The standard InChI is InChI=1S/C26H31N3O5/c1-18(16-33-23-11-12-24(26(28)32)25(31)13-23)29(14-19-5-3-2-4-6-19)15-21(30)17-34-22-9-7-20(27)8-10-22/h2-13,18,21,30-31H,14-17,27H2,1H3,(H2,28,32). The van der Waals surface area contributed by atoms with Crippen molar-refractivity contribution in [1.82, 2.24) is 4.90 Å². The normalized spacial score (nSPS) is 12.8. The van der Waals surface area contributed by atoms with E-state index >= 15 is 0 Å². The number of nitrogens with zero attached hydrogens (tertiary/aromatic N) is 1. The van der Waals surface area contributed by atoms with Gasteiger partial charge in [-0.05, 0) is 48.9 Å². The van der Waals surface area contributed by atoms with E-state index in [1.165, 1.54) is 12.1 Å². The summed E-state index contributed by atoms with van der Waals surface area (Å²) in [5.74, 6) is 0.121. The molecule has 180 valence electrons. The third-order valence-electron chi connectivity index (χ3n) is 5.35. The van der Waals surface area contributed by atoms with Gasteiger partial charge < -0.3 is 31.2 Å². The fraction of sp³-hybridized carbons (Fsp3) is 0.269. The van der Waals surface area contributed by atoms with Crippen molar-refractivity contribution in [3.63, 3.8) is 0 Å². The average Bonchev–Trinajstić information content (AvgIpc) is 2.82. The molecule has 2 atom stereocenters. The Balaban J connectivity index is 1.62. The lowest BCUT2D eigenvalue weighted by atomic mass is 10.1. The smallest absolute Gasteiger partial charge is 0.252 e. The van der Waals surface area contributed by atoms with Crippen molar-refractivity contribution in [1.29, 1.82) is 0 Å². The second kappa shape index (κ2) is 11.9. The number of aliphatic hydroxyl groups excluding tert-OH is 1. The summed E-state index contributed by atoms with van der Waals surface area (Å²) in [5.41, 5.74) is 12.7. The van der Waals surface area contributed by atoms with Crippen LogP contribution in [0.15, 0.2) is 72.8 Å². The average molecular weight is 466 g/mol. The van der Waals surface area contributed by atoms with E-state index in [4.69, 9.17) is 20.9 Å². The van der Waals surface area contributed by atoms with Gasteiger partial charge in [-0.3, -0.25) is 9.69 Å². The molecule has 0 aliphatic heterocycles. The molecule has 0 radical (unpaired) electrons. The highest BCUT2D eigenvalue weighted by atomic mass is 16.5. The molecule has 0 bridgehead atoms. The zero-order valence-corrected chi connectivity index (χ0v) is 19.1. The number of nitrogen functional groups attached to an aromatic ring is 1. The summed E-state index contributed by atoms with van der Waals surface area (Å²) < 4.78 is 11.5. The summed E-state index contributed by atoms with van der Waals surface area (Å²) in [5, 5.41) is 20.6. The lowest BCUT2D eigenvalue weighted by Crippen LogP contribution is -2.43. The number of hydrogen-bond donors (Lipinski definition) is 4. The molecule has 8 nitrogen and oxygen atoms in total. The molecule has 1 amide bonds. The van der Waals surface area contributed by atoms with Crippen molar-refractivity contribution in [3.05, 3.63) is 83.9 Å². The summed E-state index contributed by atoms with van der Waals surface area (Å²) >= 11 is 0. The Morgan fingerprint density at radius 3 is 2.26 bits per heavy atom. The first-order valence-electron chi connectivity index (χ1n) is 11.0. The van der Waals surface area contributed by atoms with Crippen LogP contribution in [0, 0.1) is 0 Å². The van der Waals surface area contributed by atoms with Gasteiger partial charge in [-0.1, -0.05) is 30.3 Å². The number of benzene rings is 3. The Bertz CT molecular complexity index is 1060. The molecular weight excluding hydrogens is 434 g/mol. The molecule has 0 saturated heterocycles. The highest BCUT2D eigenvalue weighted by Crippen LogP contribution is 2.24. The largest absolute Gasteiger partial charge is 0.507 e. The minimum Gasteiger partial charge on any atom is -0.507 e. The topological polar surface area (TPSA) is 131 Å². The van der Waals surface area contributed by atoms with Gasteiger partial charge in [0.15, 0.2) is 0 Å². The maximum absolute atomic E-state index is 11.3. The first-order chi connectivity index (χ1) is 16.3. The minimum atomic E-state index is -0.734. The number of phenols is 1. The first-order valence-corrected chi connectivity index (χ1v) is 11.0. The summed E-state index contributed by atoms with van der Waals surface area (Å²) in [4.78, 5) is 13.4. The van der Waals surface area contributed by atoms with Crippen LogP contribution in [0.5, 0.6) is 17.2 Å². The zero-order chi connectivity index (χ0) is 24.5. The molecule has 0 aliphatic carbocycles. The highest BCUT2D eigenvalue weighted by molar-refractivity contribution is 5.95. The van der Waals surface area contributed by atoms with Crippen LogP contribution in [0.2, 0.25) is 0 Å². The zero-order valence-electron chi connectivity index (χ0n) is 19.1. The van der Waals surface area contributed by atoms with E-state index in [0.29, 0.717) is 36.9 Å². The van der Waals surface area contributed by atoms with Crippen LogP contribution in [-0.4, -0.2) is 52.9 Å². The third kappa shape index (κ3) is 7.40.